The number of thiophene rings is 1. The lowest BCUT2D eigenvalue weighted by Crippen LogP contribution is -2.36. The molecule has 8 nitrogen and oxygen atoms in total. The van der Waals surface area contributed by atoms with E-state index < -0.39 is 0 Å². The number of nitrogens with one attached hydrogen (secondary N) is 1. The summed E-state index contributed by atoms with van der Waals surface area (Å²) < 4.78 is 5.17. The van der Waals surface area contributed by atoms with Crippen LogP contribution >= 0.6 is 11.3 Å². The fourth-order valence-corrected chi connectivity index (χ4v) is 5.67. The smallest absolute Gasteiger partial charge is 0.261 e. The first kappa shape index (κ1) is 23.5. The van der Waals surface area contributed by atoms with Crippen LogP contribution in [0.3, 0.4) is 0 Å². The van der Waals surface area contributed by atoms with E-state index in [2.05, 4.69) is 22.2 Å². The van der Waals surface area contributed by atoms with Crippen molar-refractivity contribution < 1.29 is 19.1 Å². The van der Waals surface area contributed by atoms with Gasteiger partial charge in [0, 0.05) is 18.8 Å². The number of nitrogens with zero attached hydrogens (tertiary/aromatic N) is 3. The van der Waals surface area contributed by atoms with Crippen molar-refractivity contribution in [1.82, 2.24) is 20.2 Å². The molecular weight excluding hydrogens is 440 g/mol. The van der Waals surface area contributed by atoms with Crippen molar-refractivity contribution in [2.45, 2.75) is 64.1 Å². The second-order valence-electron chi connectivity index (χ2n) is 8.85. The van der Waals surface area contributed by atoms with Gasteiger partial charge in [0.05, 0.1) is 21.6 Å². The molecule has 1 unspecified atom stereocenters. The van der Waals surface area contributed by atoms with Gasteiger partial charge >= 0.3 is 0 Å². The first-order valence-corrected chi connectivity index (χ1v) is 12.3. The quantitative estimate of drug-likeness (QED) is 0.674. The molecule has 33 heavy (non-hydrogen) atoms. The van der Waals surface area contributed by atoms with E-state index in [1.54, 1.807) is 6.20 Å². The first-order chi connectivity index (χ1) is 16.0. The molecule has 2 amide bonds. The van der Waals surface area contributed by atoms with Crippen LogP contribution in [0, 0.1) is 12.8 Å². The molecule has 0 bridgehead atoms. The molecule has 5 rings (SSSR count). The molecule has 2 aliphatic heterocycles. The number of likely N-dealkylation sites (tertiary alicyclic amines) is 1. The maximum atomic E-state index is 12.4. The lowest BCUT2D eigenvalue weighted by molar-refractivity contribution is -0.127. The standard InChI is InChI=1S/C17H21N3OS.C7H9NO3/c1-11(13-5-3-4-6-13)19-17(21)16-8-7-15(22-16)14-9-10-18-12(2)20-14;9-4-8-2-1-6-7(8)5(10)3-11-6/h7-11,13H,3-6H2,1-2H3,(H,19,21);4,6-7H,1-3H2/t;6-,7-/m.1/s1. The van der Waals surface area contributed by atoms with Crippen LogP contribution in [-0.4, -0.2) is 64.3 Å². The minimum Gasteiger partial charge on any atom is -0.368 e. The van der Waals surface area contributed by atoms with E-state index >= 15 is 0 Å². The van der Waals surface area contributed by atoms with Crippen molar-refractivity contribution in [1.29, 1.82) is 0 Å². The minimum absolute atomic E-state index is 0.0206. The Bertz CT molecular complexity index is 1000. The van der Waals surface area contributed by atoms with Gasteiger partial charge in [-0.3, -0.25) is 14.4 Å². The Morgan fingerprint density at radius 2 is 2.06 bits per heavy atom. The molecule has 1 aliphatic carbocycles. The maximum Gasteiger partial charge on any atom is 0.261 e. The van der Waals surface area contributed by atoms with E-state index in [1.165, 1.54) is 41.9 Å². The Balaban J connectivity index is 0.000000196. The predicted molar refractivity (Wildman–Crippen MR) is 125 cm³/mol. The monoisotopic (exact) mass is 470 g/mol. The third-order valence-electron chi connectivity index (χ3n) is 6.61. The number of carbonyl (C=O) groups is 3. The Morgan fingerprint density at radius 1 is 1.27 bits per heavy atom. The van der Waals surface area contributed by atoms with Crippen LogP contribution in [-0.2, 0) is 14.3 Å². The van der Waals surface area contributed by atoms with Crippen LogP contribution in [0.2, 0.25) is 0 Å². The van der Waals surface area contributed by atoms with Crippen LogP contribution < -0.4 is 5.32 Å². The molecule has 4 heterocycles. The number of hydrogen-bond acceptors (Lipinski definition) is 7. The van der Waals surface area contributed by atoms with Gasteiger partial charge < -0.3 is 15.0 Å². The summed E-state index contributed by atoms with van der Waals surface area (Å²) in [6.45, 7) is 4.83. The number of hydrogen-bond donors (Lipinski definition) is 1. The van der Waals surface area contributed by atoms with E-state index in [1.807, 2.05) is 25.1 Å². The SMILES string of the molecule is Cc1nccc(-c2ccc(C(=O)NC(C)C3CCCC3)s2)n1.O=CN1CC[C@H]2OCC(=O)[C@H]21. The predicted octanol–water partition coefficient (Wildman–Crippen LogP) is 3.01. The number of rotatable bonds is 5. The summed E-state index contributed by atoms with van der Waals surface area (Å²) in [6.07, 6.45) is 8.32. The Hall–Kier alpha value is -2.65. The highest BCUT2D eigenvalue weighted by atomic mass is 32.1. The lowest BCUT2D eigenvalue weighted by Gasteiger charge is -2.19. The van der Waals surface area contributed by atoms with E-state index in [0.29, 0.717) is 12.5 Å². The van der Waals surface area contributed by atoms with E-state index in [0.717, 1.165) is 34.1 Å². The molecule has 0 spiro atoms. The Labute approximate surface area is 197 Å². The third-order valence-corrected chi connectivity index (χ3v) is 7.72. The van der Waals surface area contributed by atoms with Gasteiger partial charge in [-0.25, -0.2) is 9.97 Å². The zero-order valence-electron chi connectivity index (χ0n) is 19.0. The number of ether oxygens (including phenoxy) is 1. The van der Waals surface area contributed by atoms with Gasteiger partial charge in [0.25, 0.3) is 5.91 Å². The summed E-state index contributed by atoms with van der Waals surface area (Å²) in [6, 6.07) is 5.70. The van der Waals surface area contributed by atoms with Gasteiger partial charge in [0.15, 0.2) is 5.78 Å². The topological polar surface area (TPSA) is 101 Å². The molecule has 176 valence electrons. The molecule has 1 N–H and O–H groups in total. The fraction of sp³-hybridized carbons (Fsp3) is 0.542. The van der Waals surface area contributed by atoms with Crippen molar-refractivity contribution >= 4 is 29.4 Å². The first-order valence-electron chi connectivity index (χ1n) is 11.5. The molecule has 2 aromatic rings. The molecule has 1 saturated carbocycles. The summed E-state index contributed by atoms with van der Waals surface area (Å²) in [4.78, 5) is 45.7. The number of Topliss-reactive ketones (excluding diaryl/α,β-unsaturated/α-hetero) is 1. The van der Waals surface area contributed by atoms with Crippen molar-refractivity contribution in [3.8, 4) is 10.6 Å². The molecule has 3 aliphatic rings. The average Bonchev–Trinajstić information content (AvgIpc) is 3.60. The van der Waals surface area contributed by atoms with Gasteiger partial charge in [0.2, 0.25) is 6.41 Å². The number of aryl methyl sites for hydroxylation is 1. The molecule has 9 heteroatoms. The number of carbonyl (C=O) groups excluding carboxylic acids is 3. The molecule has 0 radical (unpaired) electrons. The average molecular weight is 471 g/mol. The summed E-state index contributed by atoms with van der Waals surface area (Å²) in [5.74, 6) is 1.45. The fourth-order valence-electron chi connectivity index (χ4n) is 4.79. The molecular formula is C24H30N4O4S. The second kappa shape index (κ2) is 10.5. The highest BCUT2D eigenvalue weighted by Gasteiger charge is 2.44. The maximum absolute atomic E-state index is 12.4. The summed E-state index contributed by atoms with van der Waals surface area (Å²) in [7, 11) is 0. The van der Waals surface area contributed by atoms with Crippen molar-refractivity contribution in [2.24, 2.45) is 5.92 Å². The number of ketones is 1. The van der Waals surface area contributed by atoms with Crippen LogP contribution in [0.15, 0.2) is 24.4 Å². The number of fused-ring (bicyclic) bond motifs is 1. The molecule has 2 saturated heterocycles. The number of aromatic nitrogens is 2. The van der Waals surface area contributed by atoms with Crippen LogP contribution in [0.25, 0.3) is 10.6 Å². The summed E-state index contributed by atoms with van der Waals surface area (Å²) in [5, 5.41) is 3.15. The zero-order chi connectivity index (χ0) is 23.4. The van der Waals surface area contributed by atoms with Gasteiger partial charge in [-0.1, -0.05) is 12.8 Å². The van der Waals surface area contributed by atoms with Gasteiger partial charge in [-0.2, -0.15) is 0 Å². The van der Waals surface area contributed by atoms with Crippen LogP contribution in [0.4, 0.5) is 0 Å². The van der Waals surface area contributed by atoms with E-state index in [9.17, 15) is 14.4 Å². The van der Waals surface area contributed by atoms with Gasteiger partial charge in [-0.05, 0) is 57.2 Å². The van der Waals surface area contributed by atoms with Crippen LogP contribution in [0.5, 0.6) is 0 Å². The highest BCUT2D eigenvalue weighted by molar-refractivity contribution is 7.17. The van der Waals surface area contributed by atoms with Crippen molar-refractivity contribution in [3.05, 3.63) is 35.1 Å². The normalized spacial score (nSPS) is 23.1. The minimum atomic E-state index is -0.271. The van der Waals surface area contributed by atoms with E-state index in [-0.39, 0.29) is 36.5 Å². The summed E-state index contributed by atoms with van der Waals surface area (Å²) >= 11 is 1.48. The highest BCUT2D eigenvalue weighted by Crippen LogP contribution is 2.29. The molecule has 2 aromatic heterocycles. The lowest BCUT2D eigenvalue weighted by atomic mass is 10.00. The van der Waals surface area contributed by atoms with Crippen LogP contribution in [0.1, 0.15) is 54.5 Å². The van der Waals surface area contributed by atoms with Gasteiger partial charge in [-0.15, -0.1) is 11.3 Å². The van der Waals surface area contributed by atoms with Crippen molar-refractivity contribution in [3.63, 3.8) is 0 Å². The zero-order valence-corrected chi connectivity index (χ0v) is 19.8. The third kappa shape index (κ3) is 5.47. The van der Waals surface area contributed by atoms with Crippen molar-refractivity contribution in [2.75, 3.05) is 13.2 Å². The second-order valence-corrected chi connectivity index (χ2v) is 9.94. The number of amides is 2. The molecule has 3 fully saturated rings. The molecule has 0 aromatic carbocycles. The largest absolute Gasteiger partial charge is 0.368 e. The Morgan fingerprint density at radius 3 is 2.79 bits per heavy atom. The molecule has 3 atom stereocenters. The van der Waals surface area contributed by atoms with Gasteiger partial charge in [0.1, 0.15) is 18.5 Å². The Kier molecular flexibility index (Phi) is 7.49. The van der Waals surface area contributed by atoms with E-state index in [4.69, 9.17) is 4.74 Å². The summed E-state index contributed by atoms with van der Waals surface area (Å²) in [5.41, 5.74) is 0.875.